The number of fused-ring (bicyclic) bond motifs is 1. The Kier molecular flexibility index (Phi) is 6.30. The van der Waals surface area contributed by atoms with E-state index >= 15 is 0 Å². The average Bonchev–Trinajstić information content (AvgIpc) is 3.31. The molecule has 36 heavy (non-hydrogen) atoms. The number of halogens is 2. The summed E-state index contributed by atoms with van der Waals surface area (Å²) in [6, 6.07) is 11.4. The van der Waals surface area contributed by atoms with Crippen molar-refractivity contribution in [1.29, 1.82) is 0 Å². The first-order valence-electron chi connectivity index (χ1n) is 11.9. The second kappa shape index (κ2) is 9.56. The second-order valence-corrected chi connectivity index (χ2v) is 9.42. The molecule has 1 fully saturated rings. The minimum atomic E-state index is -1.16. The summed E-state index contributed by atoms with van der Waals surface area (Å²) in [5.74, 6) is -3.71. The topological polar surface area (TPSA) is 89.2 Å². The number of nitrogens with zero attached hydrogens (tertiary/aromatic N) is 3. The number of pyridine rings is 1. The fraction of sp³-hybridized carbons (Fsp3) is 0.296. The lowest BCUT2D eigenvalue weighted by molar-refractivity contribution is 0.0940. The number of carbonyl (C=O) groups is 1. The predicted molar refractivity (Wildman–Crippen MR) is 132 cm³/mol. The number of carbonyl (C=O) groups excluding carboxylic acids is 1. The van der Waals surface area contributed by atoms with Crippen molar-refractivity contribution in [2.45, 2.75) is 31.7 Å². The van der Waals surface area contributed by atoms with E-state index in [1.165, 1.54) is 0 Å². The third-order valence-corrected chi connectivity index (χ3v) is 6.96. The van der Waals surface area contributed by atoms with E-state index < -0.39 is 23.3 Å². The number of hydrogen-bond acceptors (Lipinski definition) is 4. The van der Waals surface area contributed by atoms with Gasteiger partial charge in [0, 0.05) is 43.0 Å². The highest BCUT2D eigenvalue weighted by Gasteiger charge is 2.24. The van der Waals surface area contributed by atoms with E-state index in [0.717, 1.165) is 59.8 Å². The first kappa shape index (κ1) is 23.7. The van der Waals surface area contributed by atoms with Crippen LogP contribution in [0, 0.1) is 17.6 Å². The van der Waals surface area contributed by atoms with Crippen molar-refractivity contribution in [3.05, 3.63) is 82.4 Å². The van der Waals surface area contributed by atoms with Crippen LogP contribution in [0.3, 0.4) is 0 Å². The third-order valence-electron chi connectivity index (χ3n) is 6.96. The summed E-state index contributed by atoms with van der Waals surface area (Å²) in [5.41, 5.74) is 2.63. The van der Waals surface area contributed by atoms with E-state index in [2.05, 4.69) is 11.5 Å². The molecule has 2 N–H and O–H groups in total. The van der Waals surface area contributed by atoms with Gasteiger partial charge in [0.15, 0.2) is 17.4 Å². The fourth-order valence-electron chi connectivity index (χ4n) is 4.82. The highest BCUT2D eigenvalue weighted by Crippen LogP contribution is 2.33. The number of aryl methyl sites for hydroxylation is 1. The zero-order chi connectivity index (χ0) is 25.4. The van der Waals surface area contributed by atoms with Gasteiger partial charge >= 0.3 is 0 Å². The van der Waals surface area contributed by atoms with Crippen molar-refractivity contribution >= 4 is 16.8 Å². The maximum atomic E-state index is 13.5. The van der Waals surface area contributed by atoms with Gasteiger partial charge in [0.1, 0.15) is 0 Å². The van der Waals surface area contributed by atoms with Gasteiger partial charge in [-0.05, 0) is 67.0 Å². The normalized spacial score (nSPS) is 17.9. The molecule has 2 aromatic heterocycles. The third kappa shape index (κ3) is 4.73. The molecule has 0 unspecified atom stereocenters. The van der Waals surface area contributed by atoms with E-state index in [0.29, 0.717) is 6.54 Å². The summed E-state index contributed by atoms with van der Waals surface area (Å²) in [4.78, 5) is 24.0. The first-order chi connectivity index (χ1) is 17.3. The number of nitrogens with one attached hydrogen (secondary N) is 1. The van der Waals surface area contributed by atoms with Gasteiger partial charge in [-0.1, -0.05) is 12.1 Å². The summed E-state index contributed by atoms with van der Waals surface area (Å²) in [6.07, 6.45) is 7.47. The van der Waals surface area contributed by atoms with Gasteiger partial charge < -0.3 is 15.0 Å². The van der Waals surface area contributed by atoms with Gasteiger partial charge in [0.25, 0.3) is 5.91 Å². The van der Waals surface area contributed by atoms with E-state index in [-0.39, 0.29) is 23.1 Å². The molecule has 9 heteroatoms. The Hall–Kier alpha value is -4.01. The number of amides is 1. The molecule has 5 rings (SSSR count). The zero-order valence-electron chi connectivity index (χ0n) is 19.7. The molecule has 2 aromatic carbocycles. The highest BCUT2D eigenvalue weighted by molar-refractivity contribution is 5.94. The Balaban J connectivity index is 1.20. The van der Waals surface area contributed by atoms with Gasteiger partial charge in [-0.25, -0.2) is 8.78 Å². The van der Waals surface area contributed by atoms with Gasteiger partial charge in [-0.2, -0.15) is 5.10 Å². The second-order valence-electron chi connectivity index (χ2n) is 9.42. The van der Waals surface area contributed by atoms with Crippen LogP contribution in [0.5, 0.6) is 5.75 Å². The average molecular weight is 493 g/mol. The number of phenols is 1. The molecular formula is C27H26F2N4O3. The Morgan fingerprint density at radius 2 is 1.72 bits per heavy atom. The molecule has 0 radical (unpaired) electrons. The first-order valence-corrected chi connectivity index (χ1v) is 11.9. The Bertz CT molecular complexity index is 1480. The van der Waals surface area contributed by atoms with Crippen molar-refractivity contribution in [1.82, 2.24) is 19.7 Å². The number of hydrogen-bond donors (Lipinski definition) is 2. The Labute approximate surface area is 206 Å². The summed E-state index contributed by atoms with van der Waals surface area (Å²) < 4.78 is 30.6. The maximum Gasteiger partial charge on any atom is 0.251 e. The molecule has 186 valence electrons. The fourth-order valence-corrected chi connectivity index (χ4v) is 4.82. The quantitative estimate of drug-likeness (QED) is 0.428. The van der Waals surface area contributed by atoms with Gasteiger partial charge in [-0.3, -0.25) is 14.3 Å². The molecule has 0 spiro atoms. The Morgan fingerprint density at radius 1 is 1.03 bits per heavy atom. The summed E-state index contributed by atoms with van der Waals surface area (Å²) in [5, 5.41) is 17.8. The molecule has 1 aliphatic rings. The van der Waals surface area contributed by atoms with Crippen LogP contribution in [0.15, 0.2) is 59.7 Å². The lowest BCUT2D eigenvalue weighted by Crippen LogP contribution is -2.31. The summed E-state index contributed by atoms with van der Waals surface area (Å²) in [6.45, 7) is 0.416. The minimum absolute atomic E-state index is 0.0533. The van der Waals surface area contributed by atoms with Crippen LogP contribution in [0.2, 0.25) is 0 Å². The van der Waals surface area contributed by atoms with Gasteiger partial charge in [0.2, 0.25) is 5.56 Å². The van der Waals surface area contributed by atoms with E-state index in [1.54, 1.807) is 17.7 Å². The van der Waals surface area contributed by atoms with Crippen molar-refractivity contribution < 1.29 is 18.7 Å². The summed E-state index contributed by atoms with van der Waals surface area (Å²) >= 11 is 0. The predicted octanol–water partition coefficient (Wildman–Crippen LogP) is 4.55. The van der Waals surface area contributed by atoms with E-state index in [4.69, 9.17) is 5.10 Å². The molecular weight excluding hydrogens is 466 g/mol. The number of rotatable bonds is 5. The lowest BCUT2D eigenvalue weighted by Gasteiger charge is -2.28. The molecule has 0 atom stereocenters. The standard InChI is InChI=1S/C27H26F2N4O3/c1-32-14-18(6-9-25(32)34)17-4-5-19-15-33(31-24(19)12-17)21-7-2-16(3-8-21)13-30-27(36)20-10-22(28)26(35)23(29)11-20/h4-6,9-12,14-16,21,35H,2-3,7-8,13H2,1H3,(H,30,36). The SMILES string of the molecule is Cn1cc(-c2ccc3cn(C4CCC(CNC(=O)c5cc(F)c(O)c(F)c5)CC4)nc3c2)ccc1=O. The molecule has 0 bridgehead atoms. The molecule has 1 saturated carbocycles. The van der Waals surface area contributed by atoms with E-state index in [1.807, 2.05) is 35.1 Å². The number of aromatic hydroxyl groups is 1. The van der Waals surface area contributed by atoms with Crippen LogP contribution in [0.4, 0.5) is 8.78 Å². The molecule has 4 aromatic rings. The van der Waals surface area contributed by atoms with Crippen LogP contribution in [-0.2, 0) is 7.05 Å². The molecule has 1 aliphatic carbocycles. The minimum Gasteiger partial charge on any atom is -0.503 e. The van der Waals surface area contributed by atoms with Crippen LogP contribution in [0.25, 0.3) is 22.0 Å². The molecule has 0 aliphatic heterocycles. The van der Waals surface area contributed by atoms with Crippen molar-refractivity contribution in [3.63, 3.8) is 0 Å². The van der Waals surface area contributed by atoms with Gasteiger partial charge in [-0.15, -0.1) is 0 Å². The molecule has 7 nitrogen and oxygen atoms in total. The molecule has 2 heterocycles. The van der Waals surface area contributed by atoms with Crippen molar-refractivity contribution in [2.75, 3.05) is 6.54 Å². The van der Waals surface area contributed by atoms with E-state index in [9.17, 15) is 23.5 Å². The van der Waals surface area contributed by atoms with Crippen molar-refractivity contribution in [3.8, 4) is 16.9 Å². The molecule has 1 amide bonds. The van der Waals surface area contributed by atoms with Crippen LogP contribution in [-0.4, -0.2) is 31.9 Å². The maximum absolute atomic E-state index is 13.5. The van der Waals surface area contributed by atoms with Crippen LogP contribution >= 0.6 is 0 Å². The number of aromatic nitrogens is 3. The highest BCUT2D eigenvalue weighted by atomic mass is 19.1. The van der Waals surface area contributed by atoms with Crippen molar-refractivity contribution in [2.24, 2.45) is 13.0 Å². The lowest BCUT2D eigenvalue weighted by atomic mass is 9.86. The number of benzene rings is 2. The zero-order valence-corrected chi connectivity index (χ0v) is 19.7. The Morgan fingerprint density at radius 3 is 2.42 bits per heavy atom. The smallest absolute Gasteiger partial charge is 0.251 e. The van der Waals surface area contributed by atoms with Gasteiger partial charge in [0.05, 0.1) is 11.6 Å². The van der Waals surface area contributed by atoms with Crippen LogP contribution < -0.4 is 10.9 Å². The monoisotopic (exact) mass is 492 g/mol. The largest absolute Gasteiger partial charge is 0.503 e. The summed E-state index contributed by atoms with van der Waals surface area (Å²) in [7, 11) is 1.73. The number of phenolic OH excluding ortho intramolecular Hbond substituents is 1. The van der Waals surface area contributed by atoms with Crippen LogP contribution in [0.1, 0.15) is 42.1 Å². The molecule has 0 saturated heterocycles.